The van der Waals surface area contributed by atoms with Gasteiger partial charge in [0, 0.05) is 5.69 Å². The number of thioether (sulfide) groups is 1. The molecule has 0 aliphatic carbocycles. The third-order valence-corrected chi connectivity index (χ3v) is 4.75. The van der Waals surface area contributed by atoms with Crippen LogP contribution in [0.4, 0.5) is 14.9 Å². The molecule has 1 aliphatic rings. The highest BCUT2D eigenvalue weighted by atomic mass is 32.2. The molecule has 2 aromatic carbocycles. The van der Waals surface area contributed by atoms with Crippen molar-refractivity contribution in [3.8, 4) is 0 Å². The molecule has 1 fully saturated rings. The maximum absolute atomic E-state index is 13.3. The summed E-state index contributed by atoms with van der Waals surface area (Å²) < 4.78 is 13.3. The van der Waals surface area contributed by atoms with E-state index < -0.39 is 0 Å². The Morgan fingerprint density at radius 2 is 1.96 bits per heavy atom. The zero-order valence-electron chi connectivity index (χ0n) is 13.9. The summed E-state index contributed by atoms with van der Waals surface area (Å²) in [4.78, 5) is 26.0. The molecule has 1 heterocycles. The molecule has 0 unspecified atom stereocenters. The molecule has 1 aliphatic heterocycles. The number of imide groups is 1. The van der Waals surface area contributed by atoms with Crippen molar-refractivity contribution in [3.05, 3.63) is 69.9 Å². The van der Waals surface area contributed by atoms with Crippen molar-refractivity contribution in [2.45, 2.75) is 13.8 Å². The predicted octanol–water partition coefficient (Wildman–Crippen LogP) is 4.55. The lowest BCUT2D eigenvalue weighted by atomic mass is 10.1. The van der Waals surface area contributed by atoms with Crippen LogP contribution in [0.25, 0.3) is 6.08 Å². The quantitative estimate of drug-likeness (QED) is 0.817. The smallest absolute Gasteiger partial charge is 0.295 e. The summed E-state index contributed by atoms with van der Waals surface area (Å²) in [5.74, 6) is -0.762. The van der Waals surface area contributed by atoms with Gasteiger partial charge in [-0.25, -0.2) is 4.39 Å². The number of hydrogen-bond donors (Lipinski definition) is 1. The predicted molar refractivity (Wildman–Crippen MR) is 98.6 cm³/mol. The molecule has 0 saturated carbocycles. The maximum atomic E-state index is 13.3. The van der Waals surface area contributed by atoms with Gasteiger partial charge in [0.1, 0.15) is 5.82 Å². The molecule has 1 N–H and O–H groups in total. The van der Waals surface area contributed by atoms with Crippen LogP contribution in [-0.2, 0) is 4.79 Å². The van der Waals surface area contributed by atoms with Crippen molar-refractivity contribution >= 4 is 34.7 Å². The van der Waals surface area contributed by atoms with Crippen LogP contribution in [0.5, 0.6) is 0 Å². The summed E-state index contributed by atoms with van der Waals surface area (Å²) >= 11 is 0.861. The molecule has 25 heavy (non-hydrogen) atoms. The monoisotopic (exact) mass is 356 g/mol. The van der Waals surface area contributed by atoms with Gasteiger partial charge in [0.15, 0.2) is 0 Å². The van der Waals surface area contributed by atoms with E-state index in [1.807, 2.05) is 32.0 Å². The van der Waals surface area contributed by atoms with E-state index in [9.17, 15) is 14.0 Å². The number of carbonyl (C=O) groups is 2. The van der Waals surface area contributed by atoms with Gasteiger partial charge in [-0.05, 0) is 66.6 Å². The Balaban J connectivity index is 1.74. The summed E-state index contributed by atoms with van der Waals surface area (Å²) in [7, 11) is 0. The van der Waals surface area contributed by atoms with Gasteiger partial charge in [-0.2, -0.15) is 0 Å². The van der Waals surface area contributed by atoms with Crippen molar-refractivity contribution < 1.29 is 14.0 Å². The summed E-state index contributed by atoms with van der Waals surface area (Å²) in [6, 6.07) is 11.9. The summed E-state index contributed by atoms with van der Waals surface area (Å²) in [6.07, 6.45) is 1.53. The van der Waals surface area contributed by atoms with Crippen LogP contribution in [0.15, 0.2) is 47.4 Å². The third-order valence-electron chi connectivity index (χ3n) is 3.84. The SMILES string of the molecule is Cc1ccc(C)c(NCN2C(=O)SC(=Cc3cccc(F)c3)C2=O)c1. The first-order chi connectivity index (χ1) is 11.9. The largest absolute Gasteiger partial charge is 0.367 e. The number of anilines is 1. The minimum absolute atomic E-state index is 0.0927. The number of benzene rings is 2. The van der Waals surface area contributed by atoms with Crippen LogP contribution in [0.2, 0.25) is 0 Å². The molecular weight excluding hydrogens is 339 g/mol. The van der Waals surface area contributed by atoms with E-state index in [4.69, 9.17) is 0 Å². The highest BCUT2D eigenvalue weighted by Crippen LogP contribution is 2.32. The molecule has 0 spiro atoms. The summed E-state index contributed by atoms with van der Waals surface area (Å²) in [5.41, 5.74) is 3.56. The van der Waals surface area contributed by atoms with Crippen molar-refractivity contribution in [2.75, 3.05) is 12.0 Å². The van der Waals surface area contributed by atoms with Gasteiger partial charge in [-0.15, -0.1) is 0 Å². The van der Waals surface area contributed by atoms with Gasteiger partial charge >= 0.3 is 0 Å². The van der Waals surface area contributed by atoms with Crippen LogP contribution in [0.3, 0.4) is 0 Å². The first kappa shape index (κ1) is 17.2. The van der Waals surface area contributed by atoms with Crippen LogP contribution in [0, 0.1) is 19.7 Å². The lowest BCUT2D eigenvalue weighted by molar-refractivity contribution is -0.122. The second-order valence-corrected chi connectivity index (χ2v) is 6.81. The lowest BCUT2D eigenvalue weighted by Gasteiger charge is -2.16. The molecule has 0 atom stereocenters. The number of nitrogens with zero attached hydrogens (tertiary/aromatic N) is 1. The van der Waals surface area contributed by atoms with Crippen LogP contribution >= 0.6 is 11.8 Å². The Morgan fingerprint density at radius 1 is 1.16 bits per heavy atom. The fourth-order valence-corrected chi connectivity index (χ4v) is 3.31. The highest BCUT2D eigenvalue weighted by Gasteiger charge is 2.34. The van der Waals surface area contributed by atoms with Gasteiger partial charge in [0.05, 0.1) is 11.6 Å². The first-order valence-corrected chi connectivity index (χ1v) is 8.58. The maximum Gasteiger partial charge on any atom is 0.295 e. The minimum Gasteiger partial charge on any atom is -0.367 e. The van der Waals surface area contributed by atoms with E-state index in [-0.39, 0.29) is 23.6 Å². The Kier molecular flexibility index (Phi) is 4.90. The van der Waals surface area contributed by atoms with E-state index in [0.29, 0.717) is 10.5 Å². The fraction of sp³-hybridized carbons (Fsp3) is 0.158. The Hall–Kier alpha value is -2.60. The zero-order chi connectivity index (χ0) is 18.0. The van der Waals surface area contributed by atoms with Gasteiger partial charge < -0.3 is 5.32 Å². The van der Waals surface area contributed by atoms with Crippen molar-refractivity contribution in [1.82, 2.24) is 4.90 Å². The Morgan fingerprint density at radius 3 is 2.72 bits per heavy atom. The number of rotatable bonds is 4. The molecule has 0 radical (unpaired) electrons. The molecule has 128 valence electrons. The molecule has 2 amide bonds. The number of aryl methyl sites for hydroxylation is 2. The Bertz CT molecular complexity index is 879. The molecular formula is C19H17FN2O2S. The molecule has 6 heteroatoms. The first-order valence-electron chi connectivity index (χ1n) is 7.76. The Labute approximate surface area is 149 Å². The van der Waals surface area contributed by atoms with Gasteiger partial charge in [-0.1, -0.05) is 24.3 Å². The normalized spacial score (nSPS) is 16.0. The van der Waals surface area contributed by atoms with E-state index in [2.05, 4.69) is 5.32 Å². The van der Waals surface area contributed by atoms with Crippen LogP contribution in [-0.4, -0.2) is 22.7 Å². The molecule has 2 aromatic rings. The summed E-state index contributed by atoms with van der Waals surface area (Å²) in [5, 5.41) is 2.79. The fourth-order valence-electron chi connectivity index (χ4n) is 2.47. The minimum atomic E-state index is -0.385. The third kappa shape index (κ3) is 3.91. The summed E-state index contributed by atoms with van der Waals surface area (Å²) in [6.45, 7) is 4.03. The number of halogens is 1. The number of carbonyl (C=O) groups excluding carboxylic acids is 2. The number of hydrogen-bond acceptors (Lipinski definition) is 4. The molecule has 0 aromatic heterocycles. The van der Waals surface area contributed by atoms with E-state index in [0.717, 1.165) is 33.5 Å². The molecule has 1 saturated heterocycles. The van der Waals surface area contributed by atoms with E-state index in [1.54, 1.807) is 12.1 Å². The van der Waals surface area contributed by atoms with Crippen molar-refractivity contribution in [2.24, 2.45) is 0 Å². The lowest BCUT2D eigenvalue weighted by Crippen LogP contribution is -2.33. The van der Waals surface area contributed by atoms with Crippen molar-refractivity contribution in [3.63, 3.8) is 0 Å². The van der Waals surface area contributed by atoms with Crippen molar-refractivity contribution in [1.29, 1.82) is 0 Å². The molecule has 0 bridgehead atoms. The van der Waals surface area contributed by atoms with Gasteiger partial charge in [0.25, 0.3) is 11.1 Å². The average molecular weight is 356 g/mol. The second-order valence-electron chi connectivity index (χ2n) is 5.82. The highest BCUT2D eigenvalue weighted by molar-refractivity contribution is 8.18. The van der Waals surface area contributed by atoms with Gasteiger partial charge in [0.2, 0.25) is 0 Å². The van der Waals surface area contributed by atoms with Gasteiger partial charge in [-0.3, -0.25) is 14.5 Å². The zero-order valence-corrected chi connectivity index (χ0v) is 14.7. The van der Waals surface area contributed by atoms with Crippen LogP contribution in [0.1, 0.15) is 16.7 Å². The topological polar surface area (TPSA) is 49.4 Å². The molecule has 3 rings (SSSR count). The molecule has 4 nitrogen and oxygen atoms in total. The standard InChI is InChI=1S/C19H17FN2O2S/c1-12-6-7-13(2)16(8-12)21-11-22-18(23)17(25-19(22)24)10-14-4-3-5-15(20)9-14/h3-10,21H,11H2,1-2H3. The average Bonchev–Trinajstić information content (AvgIpc) is 2.82. The number of amides is 2. The van der Waals surface area contributed by atoms with Crippen LogP contribution < -0.4 is 5.32 Å². The van der Waals surface area contributed by atoms with E-state index >= 15 is 0 Å². The second kappa shape index (κ2) is 7.11. The van der Waals surface area contributed by atoms with E-state index in [1.165, 1.54) is 18.2 Å². The number of nitrogens with one attached hydrogen (secondary N) is 1.